The van der Waals surface area contributed by atoms with Gasteiger partial charge in [-0.15, -0.1) is 0 Å². The van der Waals surface area contributed by atoms with Crippen molar-refractivity contribution in [2.75, 3.05) is 10.0 Å². The summed E-state index contributed by atoms with van der Waals surface area (Å²) >= 11 is 0. The quantitative estimate of drug-likeness (QED) is 0.687. The lowest BCUT2D eigenvalue weighted by Gasteiger charge is -2.13. The smallest absolute Gasteiger partial charge is 0.262 e. The molecule has 1 heterocycles. The highest BCUT2D eigenvalue weighted by molar-refractivity contribution is 7.92. The summed E-state index contributed by atoms with van der Waals surface area (Å²) < 4.78 is 34.0. The van der Waals surface area contributed by atoms with E-state index in [-0.39, 0.29) is 22.1 Å². The van der Waals surface area contributed by atoms with Crippen molar-refractivity contribution in [2.45, 2.75) is 18.7 Å². The van der Waals surface area contributed by atoms with Crippen LogP contribution in [0.3, 0.4) is 0 Å². The molecule has 2 N–H and O–H groups in total. The molecule has 142 valence electrons. The van der Waals surface area contributed by atoms with E-state index in [0.717, 1.165) is 5.56 Å². The summed E-state index contributed by atoms with van der Waals surface area (Å²) in [5.41, 5.74) is 2.57. The summed E-state index contributed by atoms with van der Waals surface area (Å²) in [5, 5.41) is 2.78. The molecule has 0 fully saturated rings. The lowest BCUT2D eigenvalue weighted by Crippen LogP contribution is -2.16. The average molecular weight is 394 g/mol. The molecule has 0 saturated carbocycles. The van der Waals surface area contributed by atoms with E-state index in [1.165, 1.54) is 6.07 Å². The third-order valence-corrected chi connectivity index (χ3v) is 5.99. The summed E-state index contributed by atoms with van der Waals surface area (Å²) in [6.07, 6.45) is 0. The number of benzene rings is 3. The van der Waals surface area contributed by atoms with Gasteiger partial charge in [-0.05, 0) is 61.4 Å². The predicted octanol–water partition coefficient (Wildman–Crippen LogP) is 4.46. The standard InChI is InChI=1S/C21H18N2O4S/c1-13-7-8-14(2)20(11-13)28(25,26)23-15-9-10-18-16(12-15)21(24)22-17-5-3-4-6-19(17)27-18/h3-12,23H,1-2H3,(H,22,24). The summed E-state index contributed by atoms with van der Waals surface area (Å²) in [6.45, 7) is 3.57. The summed E-state index contributed by atoms with van der Waals surface area (Å²) in [4.78, 5) is 12.8. The van der Waals surface area contributed by atoms with Crippen LogP contribution in [0.2, 0.25) is 0 Å². The highest BCUT2D eigenvalue weighted by Crippen LogP contribution is 2.36. The molecule has 7 heteroatoms. The molecule has 6 nitrogen and oxygen atoms in total. The van der Waals surface area contributed by atoms with Crippen molar-refractivity contribution in [1.29, 1.82) is 0 Å². The average Bonchev–Trinajstić information content (AvgIpc) is 2.79. The van der Waals surface area contributed by atoms with Crippen molar-refractivity contribution in [1.82, 2.24) is 0 Å². The van der Waals surface area contributed by atoms with Gasteiger partial charge in [0, 0.05) is 5.69 Å². The first-order valence-electron chi connectivity index (χ1n) is 8.66. The molecule has 0 aliphatic carbocycles. The number of amides is 1. The van der Waals surface area contributed by atoms with Crippen LogP contribution in [-0.2, 0) is 10.0 Å². The Morgan fingerprint density at radius 1 is 0.929 bits per heavy atom. The molecule has 0 atom stereocenters. The number of aryl methyl sites for hydroxylation is 2. The Morgan fingerprint density at radius 2 is 1.71 bits per heavy atom. The number of hydrogen-bond acceptors (Lipinski definition) is 4. The van der Waals surface area contributed by atoms with Crippen molar-refractivity contribution in [3.8, 4) is 11.5 Å². The molecular weight excluding hydrogens is 376 g/mol. The van der Waals surface area contributed by atoms with Crippen molar-refractivity contribution in [3.05, 3.63) is 77.4 Å². The second kappa shape index (κ2) is 6.69. The molecule has 0 saturated heterocycles. The van der Waals surface area contributed by atoms with Crippen LogP contribution in [0, 0.1) is 13.8 Å². The fourth-order valence-electron chi connectivity index (χ4n) is 3.03. The Hall–Kier alpha value is -3.32. The Labute approximate surface area is 163 Å². The Bertz CT molecular complexity index is 1200. The monoisotopic (exact) mass is 394 g/mol. The fourth-order valence-corrected chi connectivity index (χ4v) is 4.41. The second-order valence-electron chi connectivity index (χ2n) is 6.64. The van der Waals surface area contributed by atoms with Gasteiger partial charge in [0.2, 0.25) is 0 Å². The molecule has 3 aromatic carbocycles. The van der Waals surface area contributed by atoms with E-state index in [1.54, 1.807) is 49.4 Å². The zero-order valence-corrected chi connectivity index (χ0v) is 16.1. The third kappa shape index (κ3) is 3.32. The summed E-state index contributed by atoms with van der Waals surface area (Å²) in [6, 6.07) is 17.0. The van der Waals surface area contributed by atoms with Gasteiger partial charge in [0.15, 0.2) is 5.75 Å². The van der Waals surface area contributed by atoms with Crippen LogP contribution in [0.25, 0.3) is 0 Å². The molecule has 4 rings (SSSR count). The molecule has 3 aromatic rings. The van der Waals surface area contributed by atoms with Crippen LogP contribution >= 0.6 is 0 Å². The van der Waals surface area contributed by atoms with Crippen molar-refractivity contribution < 1.29 is 17.9 Å². The van der Waals surface area contributed by atoms with Gasteiger partial charge >= 0.3 is 0 Å². The molecule has 0 radical (unpaired) electrons. The van der Waals surface area contributed by atoms with Gasteiger partial charge in [0.1, 0.15) is 5.75 Å². The van der Waals surface area contributed by atoms with E-state index < -0.39 is 10.0 Å². The number of carbonyl (C=O) groups excluding carboxylic acids is 1. The Balaban J connectivity index is 1.69. The number of sulfonamides is 1. The van der Waals surface area contributed by atoms with Crippen LogP contribution in [-0.4, -0.2) is 14.3 Å². The number of rotatable bonds is 3. The van der Waals surface area contributed by atoms with Crippen molar-refractivity contribution in [3.63, 3.8) is 0 Å². The number of fused-ring (bicyclic) bond motifs is 2. The number of hydrogen-bond donors (Lipinski definition) is 2. The first-order valence-corrected chi connectivity index (χ1v) is 10.1. The summed E-state index contributed by atoms with van der Waals surface area (Å²) in [5.74, 6) is 0.517. The van der Waals surface area contributed by atoms with Gasteiger partial charge < -0.3 is 10.1 Å². The van der Waals surface area contributed by atoms with E-state index in [9.17, 15) is 13.2 Å². The van der Waals surface area contributed by atoms with Crippen molar-refractivity contribution >= 4 is 27.3 Å². The molecule has 0 aromatic heterocycles. The normalized spacial score (nSPS) is 12.9. The van der Waals surface area contributed by atoms with Crippen LogP contribution in [0.5, 0.6) is 11.5 Å². The molecule has 0 spiro atoms. The first kappa shape index (κ1) is 18.1. The number of para-hydroxylation sites is 2. The van der Waals surface area contributed by atoms with Gasteiger partial charge in [-0.2, -0.15) is 0 Å². The SMILES string of the molecule is Cc1ccc(C)c(S(=O)(=O)Nc2ccc3c(c2)C(=O)Nc2ccccc2O3)c1. The van der Waals surface area contributed by atoms with Crippen LogP contribution in [0.1, 0.15) is 21.5 Å². The third-order valence-electron chi connectivity index (χ3n) is 4.46. The minimum atomic E-state index is -3.80. The Kier molecular flexibility index (Phi) is 4.31. The molecular formula is C21H18N2O4S. The lowest BCUT2D eigenvalue weighted by molar-refractivity contribution is 0.102. The van der Waals surface area contributed by atoms with Crippen LogP contribution in [0.15, 0.2) is 65.6 Å². The van der Waals surface area contributed by atoms with Gasteiger partial charge in [-0.1, -0.05) is 24.3 Å². The summed E-state index contributed by atoms with van der Waals surface area (Å²) in [7, 11) is -3.80. The highest BCUT2D eigenvalue weighted by atomic mass is 32.2. The number of anilines is 2. The number of ether oxygens (including phenoxy) is 1. The largest absolute Gasteiger partial charge is 0.454 e. The van der Waals surface area contributed by atoms with Crippen molar-refractivity contribution in [2.24, 2.45) is 0 Å². The topological polar surface area (TPSA) is 84.5 Å². The lowest BCUT2D eigenvalue weighted by atomic mass is 10.1. The molecule has 1 amide bonds. The maximum atomic E-state index is 12.8. The van der Waals surface area contributed by atoms with E-state index >= 15 is 0 Å². The molecule has 0 unspecified atom stereocenters. The van der Waals surface area contributed by atoms with Gasteiger partial charge in [-0.3, -0.25) is 9.52 Å². The zero-order valence-electron chi connectivity index (χ0n) is 15.3. The predicted molar refractivity (Wildman–Crippen MR) is 108 cm³/mol. The fraction of sp³-hybridized carbons (Fsp3) is 0.0952. The van der Waals surface area contributed by atoms with Gasteiger partial charge in [0.25, 0.3) is 15.9 Å². The maximum absolute atomic E-state index is 12.8. The minimum Gasteiger partial charge on any atom is -0.454 e. The number of nitrogens with one attached hydrogen (secondary N) is 2. The van der Waals surface area contributed by atoms with Gasteiger partial charge in [-0.25, -0.2) is 8.42 Å². The van der Waals surface area contributed by atoms with E-state index in [2.05, 4.69) is 10.0 Å². The van der Waals surface area contributed by atoms with Crippen LogP contribution < -0.4 is 14.8 Å². The second-order valence-corrected chi connectivity index (χ2v) is 8.29. The molecule has 1 aliphatic rings. The van der Waals surface area contributed by atoms with Crippen LogP contribution in [0.4, 0.5) is 11.4 Å². The Morgan fingerprint density at radius 3 is 2.54 bits per heavy atom. The van der Waals surface area contributed by atoms with Gasteiger partial charge in [0.05, 0.1) is 16.1 Å². The first-order chi connectivity index (χ1) is 13.3. The van der Waals surface area contributed by atoms with E-state index in [0.29, 0.717) is 22.7 Å². The molecule has 0 bridgehead atoms. The minimum absolute atomic E-state index is 0.204. The maximum Gasteiger partial charge on any atom is 0.262 e. The molecule has 1 aliphatic heterocycles. The highest BCUT2D eigenvalue weighted by Gasteiger charge is 2.23. The van der Waals surface area contributed by atoms with E-state index in [4.69, 9.17) is 4.74 Å². The zero-order chi connectivity index (χ0) is 19.9. The van der Waals surface area contributed by atoms with E-state index in [1.807, 2.05) is 19.1 Å². The number of carbonyl (C=O) groups is 1. The molecule has 28 heavy (non-hydrogen) atoms.